The van der Waals surface area contributed by atoms with Crippen molar-refractivity contribution < 1.29 is 33.4 Å². The van der Waals surface area contributed by atoms with E-state index in [4.69, 9.17) is 9.47 Å². The summed E-state index contributed by atoms with van der Waals surface area (Å²) in [6.45, 7) is 2.87. The first-order valence-electron chi connectivity index (χ1n) is 14.0. The highest BCUT2D eigenvalue weighted by Gasteiger charge is 2.60. The number of aliphatic carboxylic acids is 1. The molecule has 0 saturated heterocycles. The van der Waals surface area contributed by atoms with E-state index in [0.29, 0.717) is 19.4 Å². The van der Waals surface area contributed by atoms with Crippen molar-refractivity contribution in [1.29, 1.82) is 0 Å². The lowest BCUT2D eigenvalue weighted by Crippen LogP contribution is -2.51. The van der Waals surface area contributed by atoms with E-state index in [1.54, 1.807) is 0 Å². The number of ether oxygens (including phenoxy) is 2. The molecule has 3 N–H and O–H groups in total. The van der Waals surface area contributed by atoms with Crippen LogP contribution in [-0.2, 0) is 9.59 Å². The second-order valence-corrected chi connectivity index (χ2v) is 12.6. The molecule has 8 nitrogen and oxygen atoms in total. The number of amides is 2. The van der Waals surface area contributed by atoms with Crippen molar-refractivity contribution >= 4 is 17.8 Å². The molecule has 206 valence electrons. The van der Waals surface area contributed by atoms with Crippen LogP contribution in [0.15, 0.2) is 12.1 Å². The molecule has 0 aliphatic heterocycles. The van der Waals surface area contributed by atoms with Crippen LogP contribution in [0.2, 0.25) is 0 Å². The summed E-state index contributed by atoms with van der Waals surface area (Å²) in [5, 5.41) is 15.5. The van der Waals surface area contributed by atoms with Gasteiger partial charge in [-0.3, -0.25) is 14.4 Å². The predicted molar refractivity (Wildman–Crippen MR) is 135 cm³/mol. The van der Waals surface area contributed by atoms with E-state index in [2.05, 4.69) is 17.6 Å². The summed E-state index contributed by atoms with van der Waals surface area (Å²) in [5.41, 5.74) is 0.345. The molecule has 2 amide bonds. The minimum absolute atomic E-state index is 0.0187. The molecule has 1 aromatic rings. The van der Waals surface area contributed by atoms with Crippen molar-refractivity contribution in [2.24, 2.45) is 40.9 Å². The summed E-state index contributed by atoms with van der Waals surface area (Å²) in [6, 6.07) is 2.26. The number of nitrogens with one attached hydrogen (secondary N) is 2. The average Bonchev–Trinajstić information content (AvgIpc) is 3.21. The fourth-order valence-corrected chi connectivity index (χ4v) is 7.89. The molecule has 5 aliphatic carbocycles. The zero-order valence-electron chi connectivity index (χ0n) is 22.0. The van der Waals surface area contributed by atoms with E-state index < -0.39 is 17.7 Å². The monoisotopic (exact) mass is 528 g/mol. The van der Waals surface area contributed by atoms with Crippen molar-refractivity contribution in [3.63, 3.8) is 0 Å². The molecule has 5 saturated carbocycles. The van der Waals surface area contributed by atoms with Gasteiger partial charge in [-0.1, -0.05) is 13.3 Å². The maximum atomic E-state index is 14.9. The van der Waals surface area contributed by atoms with Gasteiger partial charge >= 0.3 is 5.97 Å². The Hall–Kier alpha value is -2.84. The summed E-state index contributed by atoms with van der Waals surface area (Å²) >= 11 is 0. The topological polar surface area (TPSA) is 114 Å². The Morgan fingerprint density at radius 1 is 1.05 bits per heavy atom. The average molecular weight is 529 g/mol. The molecule has 38 heavy (non-hydrogen) atoms. The highest BCUT2D eigenvalue weighted by Crippen LogP contribution is 2.58. The van der Waals surface area contributed by atoms with Crippen molar-refractivity contribution in [3.8, 4) is 11.5 Å². The van der Waals surface area contributed by atoms with Crippen molar-refractivity contribution in [3.05, 3.63) is 23.5 Å². The van der Waals surface area contributed by atoms with E-state index in [0.717, 1.165) is 38.2 Å². The molecular formula is C29H37FN2O6. The highest BCUT2D eigenvalue weighted by molar-refractivity contribution is 5.98. The number of benzene rings is 1. The van der Waals surface area contributed by atoms with Gasteiger partial charge in [-0.25, -0.2) is 4.39 Å². The van der Waals surface area contributed by atoms with Crippen LogP contribution in [0, 0.1) is 46.7 Å². The largest absolute Gasteiger partial charge is 0.496 e. The van der Waals surface area contributed by atoms with E-state index in [9.17, 15) is 23.9 Å². The van der Waals surface area contributed by atoms with Crippen LogP contribution in [-0.4, -0.2) is 48.7 Å². The maximum absolute atomic E-state index is 14.9. The third kappa shape index (κ3) is 4.41. The molecule has 5 fully saturated rings. The lowest BCUT2D eigenvalue weighted by Gasteiger charge is -2.39. The Bertz CT molecular complexity index is 1140. The minimum atomic E-state index is -0.780. The second-order valence-electron chi connectivity index (χ2n) is 12.6. The molecule has 0 aromatic heterocycles. The first kappa shape index (κ1) is 25.4. The van der Waals surface area contributed by atoms with Gasteiger partial charge in [0, 0.05) is 18.7 Å². The molecule has 0 radical (unpaired) electrons. The number of carbonyl (C=O) groups is 3. The number of carbonyl (C=O) groups excluding carboxylic acids is 2. The van der Waals surface area contributed by atoms with E-state index in [-0.39, 0.29) is 76.0 Å². The standard InChI is InChI=1S/C29H37FN2O6/c1-29(6-3-7-29)13-31-27(34)23-14-4-5-15(8-14)25(23)32-26(33)19-11-22(20(30)12-21(19)37-2)38-16-9-17-18(10-16)24(17)28(35)36/h11-12,14-18,23-25H,3-10,13H2,1-2H3,(H,31,34)(H,32,33)(H,35,36)/t14-,15+,16-,17-,18+,23+,24+,25-/m1/s1. The number of hydrogen-bond acceptors (Lipinski definition) is 5. The zero-order valence-corrected chi connectivity index (χ0v) is 22.0. The quantitative estimate of drug-likeness (QED) is 0.450. The molecule has 5 aliphatic rings. The van der Waals surface area contributed by atoms with Gasteiger partial charge in [-0.2, -0.15) is 0 Å². The van der Waals surface area contributed by atoms with E-state index in [1.165, 1.54) is 19.6 Å². The smallest absolute Gasteiger partial charge is 0.307 e. The maximum Gasteiger partial charge on any atom is 0.307 e. The lowest BCUT2D eigenvalue weighted by molar-refractivity contribution is -0.139. The van der Waals surface area contributed by atoms with Crippen LogP contribution in [0.25, 0.3) is 0 Å². The molecule has 0 heterocycles. The first-order chi connectivity index (χ1) is 18.2. The first-order valence-corrected chi connectivity index (χ1v) is 14.0. The minimum Gasteiger partial charge on any atom is -0.496 e. The van der Waals surface area contributed by atoms with Gasteiger partial charge < -0.3 is 25.2 Å². The number of fused-ring (bicyclic) bond motifs is 3. The number of carboxylic acid groups (broad SMARTS) is 1. The van der Waals surface area contributed by atoms with Crippen LogP contribution >= 0.6 is 0 Å². The molecular weight excluding hydrogens is 491 g/mol. The van der Waals surface area contributed by atoms with E-state index in [1.807, 2.05) is 0 Å². The van der Waals surface area contributed by atoms with Gasteiger partial charge in [0.15, 0.2) is 11.6 Å². The fraction of sp³-hybridized carbons (Fsp3) is 0.690. The molecule has 9 heteroatoms. The van der Waals surface area contributed by atoms with Gasteiger partial charge in [0.1, 0.15) is 5.75 Å². The Kier molecular flexibility index (Phi) is 6.30. The Balaban J connectivity index is 1.15. The summed E-state index contributed by atoms with van der Waals surface area (Å²) in [4.78, 5) is 38.0. The zero-order chi connectivity index (χ0) is 26.8. The Morgan fingerprint density at radius 3 is 2.39 bits per heavy atom. The van der Waals surface area contributed by atoms with Gasteiger partial charge in [-0.15, -0.1) is 0 Å². The highest BCUT2D eigenvalue weighted by atomic mass is 19.1. The molecule has 8 atom stereocenters. The lowest BCUT2D eigenvalue weighted by atomic mass is 9.70. The second kappa shape index (κ2) is 9.42. The van der Waals surface area contributed by atoms with Crippen molar-refractivity contribution in [1.82, 2.24) is 10.6 Å². The third-order valence-corrected chi connectivity index (χ3v) is 10.2. The summed E-state index contributed by atoms with van der Waals surface area (Å²) in [5.74, 6) is -1.66. The number of hydrogen-bond donors (Lipinski definition) is 3. The molecule has 0 spiro atoms. The SMILES string of the molecule is COc1cc(F)c(O[C@@H]2C[C@@H]3[C@H](C2)[C@H]3C(=O)O)cc1C(=O)N[C@@H]1[C@H]2CC[C@H](C2)[C@@H]1C(=O)NCC1(C)CCC1. The van der Waals surface area contributed by atoms with Gasteiger partial charge in [-0.05, 0) is 80.1 Å². The molecule has 1 aromatic carbocycles. The molecule has 2 bridgehead atoms. The number of carboxylic acids is 1. The van der Waals surface area contributed by atoms with Crippen LogP contribution in [0.5, 0.6) is 11.5 Å². The van der Waals surface area contributed by atoms with Gasteiger partial charge in [0.05, 0.1) is 30.6 Å². The molecule has 6 rings (SSSR count). The normalized spacial score (nSPS) is 35.7. The fourth-order valence-electron chi connectivity index (χ4n) is 7.89. The Labute approximate surface area is 222 Å². The van der Waals surface area contributed by atoms with Crippen LogP contribution in [0.3, 0.4) is 0 Å². The van der Waals surface area contributed by atoms with Crippen LogP contribution < -0.4 is 20.1 Å². The molecule has 0 unspecified atom stereocenters. The number of methoxy groups -OCH3 is 1. The number of halogens is 1. The van der Waals surface area contributed by atoms with Crippen LogP contribution in [0.4, 0.5) is 4.39 Å². The number of rotatable bonds is 9. The summed E-state index contributed by atoms with van der Waals surface area (Å²) < 4.78 is 26.1. The van der Waals surface area contributed by atoms with Gasteiger partial charge in [0.25, 0.3) is 5.91 Å². The summed E-state index contributed by atoms with van der Waals surface area (Å²) in [7, 11) is 1.39. The third-order valence-electron chi connectivity index (χ3n) is 10.2. The Morgan fingerprint density at radius 2 is 1.76 bits per heavy atom. The summed E-state index contributed by atoms with van der Waals surface area (Å²) in [6.07, 6.45) is 7.21. The van der Waals surface area contributed by atoms with Crippen molar-refractivity contribution in [2.75, 3.05) is 13.7 Å². The van der Waals surface area contributed by atoms with Gasteiger partial charge in [0.2, 0.25) is 5.91 Å². The van der Waals surface area contributed by atoms with E-state index >= 15 is 0 Å². The van der Waals surface area contributed by atoms with Crippen molar-refractivity contribution in [2.45, 2.75) is 70.4 Å². The predicted octanol–water partition coefficient (Wildman–Crippen LogP) is 3.77. The van der Waals surface area contributed by atoms with Crippen LogP contribution in [0.1, 0.15) is 68.6 Å².